The number of ether oxygens (including phenoxy) is 1. The zero-order valence-corrected chi connectivity index (χ0v) is 11.0. The second kappa shape index (κ2) is 4.72. The Bertz CT molecular complexity index is 602. The van der Waals surface area contributed by atoms with E-state index < -0.39 is 5.97 Å². The number of halogens is 1. The SMILES string of the molecule is C=C(C)C(=O)Oc1ccc2ccccc2c1Br. The standard InChI is InChI=1S/C14H11BrO2/c1-9(2)14(16)17-12-8-7-10-5-3-4-6-11(10)13(12)15/h3-8H,1H2,2H3. The van der Waals surface area contributed by atoms with Gasteiger partial charge in [0.1, 0.15) is 5.75 Å². The highest BCUT2D eigenvalue weighted by molar-refractivity contribution is 9.10. The molecule has 0 bridgehead atoms. The smallest absolute Gasteiger partial charge is 0.338 e. The average Bonchev–Trinajstić information content (AvgIpc) is 2.33. The first kappa shape index (κ1) is 11.9. The van der Waals surface area contributed by atoms with Crippen LogP contribution in [0.4, 0.5) is 0 Å². The molecule has 0 atom stereocenters. The highest BCUT2D eigenvalue weighted by atomic mass is 79.9. The normalized spacial score (nSPS) is 10.2. The largest absolute Gasteiger partial charge is 0.422 e. The molecule has 0 aliphatic carbocycles. The molecule has 0 spiro atoms. The Morgan fingerprint density at radius 2 is 1.94 bits per heavy atom. The number of hydrogen-bond donors (Lipinski definition) is 0. The van der Waals surface area contributed by atoms with Crippen molar-refractivity contribution in [2.24, 2.45) is 0 Å². The minimum Gasteiger partial charge on any atom is -0.422 e. The Labute approximate surface area is 108 Å². The molecule has 17 heavy (non-hydrogen) atoms. The van der Waals surface area contributed by atoms with Crippen molar-refractivity contribution in [3.05, 3.63) is 53.0 Å². The molecule has 0 aromatic heterocycles. The van der Waals surface area contributed by atoms with Crippen LogP contribution < -0.4 is 4.74 Å². The molecule has 86 valence electrons. The van der Waals surface area contributed by atoms with Crippen molar-refractivity contribution in [3.63, 3.8) is 0 Å². The van der Waals surface area contributed by atoms with Gasteiger partial charge in [-0.25, -0.2) is 4.79 Å². The second-order valence-corrected chi connectivity index (χ2v) is 4.56. The number of rotatable bonds is 2. The van der Waals surface area contributed by atoms with Crippen molar-refractivity contribution in [2.75, 3.05) is 0 Å². The van der Waals surface area contributed by atoms with Crippen LogP contribution in [0.25, 0.3) is 10.8 Å². The Hall–Kier alpha value is -1.61. The first-order valence-electron chi connectivity index (χ1n) is 5.14. The molecule has 0 aliphatic rings. The van der Waals surface area contributed by atoms with Gasteiger partial charge < -0.3 is 4.74 Å². The molecular formula is C14H11BrO2. The summed E-state index contributed by atoms with van der Waals surface area (Å²) in [6.45, 7) is 5.18. The average molecular weight is 291 g/mol. The van der Waals surface area contributed by atoms with E-state index in [9.17, 15) is 4.79 Å². The lowest BCUT2D eigenvalue weighted by atomic mass is 10.1. The lowest BCUT2D eigenvalue weighted by Crippen LogP contribution is -2.08. The van der Waals surface area contributed by atoms with E-state index in [0.717, 1.165) is 15.2 Å². The van der Waals surface area contributed by atoms with E-state index in [2.05, 4.69) is 22.5 Å². The van der Waals surface area contributed by atoms with Crippen LogP contribution >= 0.6 is 15.9 Å². The van der Waals surface area contributed by atoms with E-state index in [0.29, 0.717) is 11.3 Å². The molecule has 2 aromatic rings. The fourth-order valence-corrected chi connectivity index (χ4v) is 2.05. The van der Waals surface area contributed by atoms with Crippen LogP contribution in [-0.2, 0) is 4.79 Å². The monoisotopic (exact) mass is 290 g/mol. The first-order chi connectivity index (χ1) is 8.09. The summed E-state index contributed by atoms with van der Waals surface area (Å²) < 4.78 is 6.01. The Balaban J connectivity index is 2.46. The van der Waals surface area contributed by atoms with Gasteiger partial charge in [-0.15, -0.1) is 0 Å². The van der Waals surface area contributed by atoms with Crippen LogP contribution in [0, 0.1) is 0 Å². The molecule has 3 heteroatoms. The van der Waals surface area contributed by atoms with Crippen molar-refractivity contribution < 1.29 is 9.53 Å². The maximum Gasteiger partial charge on any atom is 0.338 e. The topological polar surface area (TPSA) is 26.3 Å². The number of benzene rings is 2. The van der Waals surface area contributed by atoms with Crippen molar-refractivity contribution in [1.82, 2.24) is 0 Å². The number of hydrogen-bond acceptors (Lipinski definition) is 2. The summed E-state index contributed by atoms with van der Waals surface area (Å²) in [6, 6.07) is 11.6. The quantitative estimate of drug-likeness (QED) is 0.473. The van der Waals surface area contributed by atoms with Crippen LogP contribution in [0.5, 0.6) is 5.75 Å². The van der Waals surface area contributed by atoms with Crippen LogP contribution in [0.2, 0.25) is 0 Å². The van der Waals surface area contributed by atoms with E-state index >= 15 is 0 Å². The summed E-state index contributed by atoms with van der Waals surface area (Å²) in [7, 11) is 0. The Morgan fingerprint density at radius 3 is 2.65 bits per heavy atom. The molecule has 0 unspecified atom stereocenters. The second-order valence-electron chi connectivity index (χ2n) is 3.77. The molecule has 0 saturated heterocycles. The van der Waals surface area contributed by atoms with Crippen LogP contribution in [0.1, 0.15) is 6.92 Å². The van der Waals surface area contributed by atoms with E-state index in [1.54, 1.807) is 13.0 Å². The van der Waals surface area contributed by atoms with E-state index in [1.807, 2.05) is 30.3 Å². The molecule has 0 saturated carbocycles. The van der Waals surface area contributed by atoms with Gasteiger partial charge in [-0.3, -0.25) is 0 Å². The highest BCUT2D eigenvalue weighted by Crippen LogP contribution is 2.33. The van der Waals surface area contributed by atoms with Gasteiger partial charge in [0.15, 0.2) is 0 Å². The molecule has 0 amide bonds. The third-order valence-corrected chi connectivity index (χ3v) is 3.20. The van der Waals surface area contributed by atoms with Crippen LogP contribution in [-0.4, -0.2) is 5.97 Å². The minimum absolute atomic E-state index is 0.380. The first-order valence-corrected chi connectivity index (χ1v) is 5.94. The summed E-state index contributed by atoms with van der Waals surface area (Å²) in [5.74, 6) is 0.0951. The molecule has 2 aromatic carbocycles. The van der Waals surface area contributed by atoms with Crippen LogP contribution in [0.15, 0.2) is 53.0 Å². The van der Waals surface area contributed by atoms with Gasteiger partial charge in [-0.05, 0) is 39.7 Å². The lowest BCUT2D eigenvalue weighted by Gasteiger charge is -2.08. The highest BCUT2D eigenvalue weighted by Gasteiger charge is 2.10. The zero-order chi connectivity index (χ0) is 12.4. The fraction of sp³-hybridized carbons (Fsp3) is 0.0714. The van der Waals surface area contributed by atoms with Crippen molar-refractivity contribution >= 4 is 32.7 Å². The van der Waals surface area contributed by atoms with E-state index in [1.165, 1.54) is 0 Å². The Morgan fingerprint density at radius 1 is 1.24 bits per heavy atom. The van der Waals surface area contributed by atoms with Gasteiger partial charge in [-0.2, -0.15) is 0 Å². The lowest BCUT2D eigenvalue weighted by molar-refractivity contribution is -0.130. The molecule has 2 nitrogen and oxygen atoms in total. The molecule has 0 radical (unpaired) electrons. The minimum atomic E-state index is -0.416. The number of fused-ring (bicyclic) bond motifs is 1. The van der Waals surface area contributed by atoms with Crippen LogP contribution in [0.3, 0.4) is 0 Å². The number of carbonyl (C=O) groups excluding carboxylic acids is 1. The third kappa shape index (κ3) is 2.39. The molecular weight excluding hydrogens is 280 g/mol. The van der Waals surface area contributed by atoms with Crippen molar-refractivity contribution in [1.29, 1.82) is 0 Å². The number of esters is 1. The Kier molecular flexibility index (Phi) is 3.29. The summed E-state index contributed by atoms with van der Waals surface area (Å²) in [5, 5.41) is 2.11. The summed E-state index contributed by atoms with van der Waals surface area (Å²) in [6.07, 6.45) is 0. The molecule has 0 fully saturated rings. The van der Waals surface area contributed by atoms with Crippen molar-refractivity contribution in [3.8, 4) is 5.75 Å². The van der Waals surface area contributed by atoms with Gasteiger partial charge in [-0.1, -0.05) is 36.9 Å². The predicted octanol–water partition coefficient (Wildman–Crippen LogP) is 4.08. The van der Waals surface area contributed by atoms with E-state index in [4.69, 9.17) is 4.74 Å². The molecule has 0 N–H and O–H groups in total. The van der Waals surface area contributed by atoms with Gasteiger partial charge in [0.05, 0.1) is 4.47 Å². The van der Waals surface area contributed by atoms with E-state index in [-0.39, 0.29) is 0 Å². The molecule has 0 aliphatic heterocycles. The zero-order valence-electron chi connectivity index (χ0n) is 9.37. The fourth-order valence-electron chi connectivity index (χ4n) is 1.48. The summed E-state index contributed by atoms with van der Waals surface area (Å²) >= 11 is 3.45. The molecule has 2 rings (SSSR count). The predicted molar refractivity (Wildman–Crippen MR) is 72.1 cm³/mol. The molecule has 0 heterocycles. The maximum absolute atomic E-state index is 11.5. The van der Waals surface area contributed by atoms with Gasteiger partial charge in [0, 0.05) is 5.57 Å². The van der Waals surface area contributed by atoms with Gasteiger partial charge in [0.25, 0.3) is 0 Å². The summed E-state index contributed by atoms with van der Waals surface area (Å²) in [4.78, 5) is 11.5. The number of carbonyl (C=O) groups is 1. The third-order valence-electron chi connectivity index (χ3n) is 2.38. The van der Waals surface area contributed by atoms with Crippen molar-refractivity contribution in [2.45, 2.75) is 6.92 Å². The van der Waals surface area contributed by atoms with Gasteiger partial charge >= 0.3 is 5.97 Å². The summed E-state index contributed by atoms with van der Waals surface area (Å²) in [5.41, 5.74) is 0.380. The van der Waals surface area contributed by atoms with Gasteiger partial charge in [0.2, 0.25) is 0 Å². The maximum atomic E-state index is 11.5.